The van der Waals surface area contributed by atoms with Crippen molar-refractivity contribution >= 4 is 60.7 Å². The lowest BCUT2D eigenvalue weighted by atomic mass is 9.74. The van der Waals surface area contributed by atoms with E-state index in [0.29, 0.717) is 0 Å². The fraction of sp³-hybridized carbons (Fsp3) is 0.0545. The Balaban J connectivity index is 0.972. The van der Waals surface area contributed by atoms with Gasteiger partial charge in [-0.05, 0) is 119 Å². The van der Waals surface area contributed by atoms with Crippen LogP contribution >= 0.6 is 0 Å². The Labute approximate surface area is 336 Å². The van der Waals surface area contributed by atoms with Crippen LogP contribution in [0.5, 0.6) is 0 Å². The highest BCUT2D eigenvalue weighted by Gasteiger charge is 2.32. The lowest BCUT2D eigenvalue weighted by Gasteiger charge is -2.30. The van der Waals surface area contributed by atoms with Gasteiger partial charge >= 0.3 is 0 Å². The molecule has 58 heavy (non-hydrogen) atoms. The lowest BCUT2D eigenvalue weighted by Crippen LogP contribution is -2.25. The first-order chi connectivity index (χ1) is 28.6. The van der Waals surface area contributed by atoms with Gasteiger partial charge in [-0.15, -0.1) is 0 Å². The summed E-state index contributed by atoms with van der Waals surface area (Å²) in [5, 5.41) is 6.07. The number of hydrogen-bond acceptors (Lipinski definition) is 1. The summed E-state index contributed by atoms with van der Waals surface area (Å²) in [5.74, 6) is 0. The van der Waals surface area contributed by atoms with Crippen molar-refractivity contribution in [3.05, 3.63) is 211 Å². The second-order valence-corrected chi connectivity index (χ2v) is 16.0. The number of nitrogens with zero attached hydrogens (tertiary/aromatic N) is 2. The van der Waals surface area contributed by atoms with Crippen LogP contribution < -0.4 is 0 Å². The number of allylic oxidation sites excluding steroid dienone is 1. The van der Waals surface area contributed by atoms with Crippen molar-refractivity contribution in [2.24, 2.45) is 0 Å². The molecule has 0 amide bonds. The summed E-state index contributed by atoms with van der Waals surface area (Å²) in [5.41, 5.74) is 16.3. The smallest absolute Gasteiger partial charge is 0.135 e. The molecule has 3 heterocycles. The first-order valence-corrected chi connectivity index (χ1v) is 20.1. The zero-order valence-electron chi connectivity index (χ0n) is 32.1. The Morgan fingerprint density at radius 1 is 0.431 bits per heavy atom. The molecule has 0 saturated heterocycles. The van der Waals surface area contributed by atoms with Gasteiger partial charge in [0, 0.05) is 49.4 Å². The van der Waals surface area contributed by atoms with Gasteiger partial charge in [0.1, 0.15) is 11.2 Å². The second kappa shape index (κ2) is 12.6. The average Bonchev–Trinajstić information content (AvgIpc) is 3.93. The SMILES string of the molecule is CC1(c2ccccc2)C=Cc2c(c3cc(-c4ccc5oc6ccc(-c7cccc(-n8c9ccccc9c9ccccc98)c7)cc6c5c4)ccc3n2-c2ccccc2)C1. The Hall–Kier alpha value is -7.36. The molecule has 0 aliphatic heterocycles. The van der Waals surface area contributed by atoms with Crippen molar-refractivity contribution in [1.82, 2.24) is 9.13 Å². The molecule has 1 atom stereocenters. The largest absolute Gasteiger partial charge is 0.456 e. The Morgan fingerprint density at radius 3 is 1.64 bits per heavy atom. The summed E-state index contributed by atoms with van der Waals surface area (Å²) in [4.78, 5) is 0. The number of para-hydroxylation sites is 3. The first kappa shape index (κ1) is 32.8. The summed E-state index contributed by atoms with van der Waals surface area (Å²) < 4.78 is 11.3. The number of fused-ring (bicyclic) bond motifs is 9. The van der Waals surface area contributed by atoms with Crippen LogP contribution in [0.2, 0.25) is 0 Å². The minimum absolute atomic E-state index is 0.102. The molecule has 1 aliphatic carbocycles. The number of benzene rings is 8. The van der Waals surface area contributed by atoms with Crippen LogP contribution in [0.3, 0.4) is 0 Å². The molecule has 3 heteroatoms. The summed E-state index contributed by atoms with van der Waals surface area (Å²) in [6.45, 7) is 2.37. The van der Waals surface area contributed by atoms with E-state index in [2.05, 4.69) is 216 Å². The van der Waals surface area contributed by atoms with E-state index < -0.39 is 0 Å². The van der Waals surface area contributed by atoms with E-state index in [1.165, 1.54) is 71.9 Å². The molecule has 0 radical (unpaired) electrons. The molecule has 12 rings (SSSR count). The number of aromatic nitrogens is 2. The fourth-order valence-corrected chi connectivity index (χ4v) is 9.64. The monoisotopic (exact) mass is 742 g/mol. The molecule has 0 spiro atoms. The maximum Gasteiger partial charge on any atom is 0.135 e. The van der Waals surface area contributed by atoms with Crippen LogP contribution in [0.1, 0.15) is 23.7 Å². The lowest BCUT2D eigenvalue weighted by molar-refractivity contribution is 0.588. The number of furan rings is 1. The van der Waals surface area contributed by atoms with Crippen LogP contribution in [0.4, 0.5) is 0 Å². The molecular weight excluding hydrogens is 705 g/mol. The summed E-state index contributed by atoms with van der Waals surface area (Å²) >= 11 is 0. The second-order valence-electron chi connectivity index (χ2n) is 16.0. The van der Waals surface area contributed by atoms with Crippen molar-refractivity contribution < 1.29 is 4.42 Å². The van der Waals surface area contributed by atoms with Crippen LogP contribution in [-0.2, 0) is 11.8 Å². The molecule has 274 valence electrons. The van der Waals surface area contributed by atoms with Gasteiger partial charge in [0.15, 0.2) is 0 Å². The van der Waals surface area contributed by atoms with Crippen LogP contribution in [-0.4, -0.2) is 9.13 Å². The third kappa shape index (κ3) is 5.00. The molecule has 1 aliphatic rings. The molecule has 3 nitrogen and oxygen atoms in total. The van der Waals surface area contributed by atoms with E-state index in [1.54, 1.807) is 0 Å². The fourth-order valence-electron chi connectivity index (χ4n) is 9.64. The van der Waals surface area contributed by atoms with Crippen molar-refractivity contribution in [2.45, 2.75) is 18.8 Å². The standard InChI is InChI=1S/C55H38N2O/c1-55(40-14-4-2-5-15-40)30-29-52-48(35-55)45-32-37(23-26-51(45)56(52)41-16-6-3-7-17-41)39-25-28-54-47(34-39)46-33-38(24-27-53(46)58-54)36-13-12-18-42(31-36)57-49-21-10-8-19-43(49)44-20-9-11-22-50(44)57/h2-34H,35H2,1H3. The van der Waals surface area contributed by atoms with Gasteiger partial charge in [0.05, 0.1) is 16.6 Å². The van der Waals surface area contributed by atoms with Gasteiger partial charge in [-0.25, -0.2) is 0 Å². The molecular formula is C55H38N2O. The molecule has 3 aromatic heterocycles. The first-order valence-electron chi connectivity index (χ1n) is 20.1. The molecule has 11 aromatic rings. The molecule has 0 fully saturated rings. The van der Waals surface area contributed by atoms with E-state index in [4.69, 9.17) is 4.42 Å². The van der Waals surface area contributed by atoms with Gasteiger partial charge in [0.2, 0.25) is 0 Å². The van der Waals surface area contributed by atoms with E-state index >= 15 is 0 Å². The minimum atomic E-state index is -0.102. The summed E-state index contributed by atoms with van der Waals surface area (Å²) in [6, 6.07) is 68.2. The van der Waals surface area contributed by atoms with Crippen LogP contribution in [0.25, 0.3) is 94.4 Å². The molecule has 0 saturated carbocycles. The van der Waals surface area contributed by atoms with Crippen molar-refractivity contribution in [2.75, 3.05) is 0 Å². The minimum Gasteiger partial charge on any atom is -0.456 e. The molecule has 0 bridgehead atoms. The van der Waals surface area contributed by atoms with Crippen molar-refractivity contribution in [3.63, 3.8) is 0 Å². The molecule has 8 aromatic carbocycles. The zero-order valence-corrected chi connectivity index (χ0v) is 32.1. The molecule has 0 N–H and O–H groups in total. The van der Waals surface area contributed by atoms with E-state index in [9.17, 15) is 0 Å². The maximum absolute atomic E-state index is 6.46. The summed E-state index contributed by atoms with van der Waals surface area (Å²) in [7, 11) is 0. The number of rotatable bonds is 5. The van der Waals surface area contributed by atoms with Gasteiger partial charge in [-0.2, -0.15) is 0 Å². The highest BCUT2D eigenvalue weighted by molar-refractivity contribution is 6.10. The van der Waals surface area contributed by atoms with E-state index in [-0.39, 0.29) is 5.41 Å². The normalized spacial score (nSPS) is 15.3. The quantitative estimate of drug-likeness (QED) is 0.172. The third-order valence-corrected chi connectivity index (χ3v) is 12.5. The van der Waals surface area contributed by atoms with Gasteiger partial charge in [-0.1, -0.05) is 128 Å². The predicted molar refractivity (Wildman–Crippen MR) is 242 cm³/mol. The Bertz CT molecular complexity index is 3380. The highest BCUT2D eigenvalue weighted by Crippen LogP contribution is 2.43. The van der Waals surface area contributed by atoms with Crippen LogP contribution in [0, 0.1) is 0 Å². The van der Waals surface area contributed by atoms with E-state index in [1.807, 2.05) is 0 Å². The predicted octanol–water partition coefficient (Wildman–Crippen LogP) is 14.5. The molecule has 1 unspecified atom stereocenters. The zero-order chi connectivity index (χ0) is 38.4. The van der Waals surface area contributed by atoms with Crippen molar-refractivity contribution in [1.29, 1.82) is 0 Å². The Kier molecular flexibility index (Phi) is 7.12. The van der Waals surface area contributed by atoms with Crippen molar-refractivity contribution in [3.8, 4) is 33.6 Å². The third-order valence-electron chi connectivity index (χ3n) is 12.5. The topological polar surface area (TPSA) is 23.0 Å². The Morgan fingerprint density at radius 2 is 0.966 bits per heavy atom. The van der Waals surface area contributed by atoms with E-state index in [0.717, 1.165) is 39.6 Å². The van der Waals surface area contributed by atoms with Gasteiger partial charge in [-0.3, -0.25) is 0 Å². The van der Waals surface area contributed by atoms with Gasteiger partial charge < -0.3 is 13.6 Å². The van der Waals surface area contributed by atoms with Crippen LogP contribution in [0.15, 0.2) is 199 Å². The average molecular weight is 743 g/mol. The number of hydrogen-bond donors (Lipinski definition) is 0. The highest BCUT2D eigenvalue weighted by atomic mass is 16.3. The van der Waals surface area contributed by atoms with Gasteiger partial charge in [0.25, 0.3) is 0 Å². The maximum atomic E-state index is 6.46. The summed E-state index contributed by atoms with van der Waals surface area (Å²) in [6.07, 6.45) is 5.67.